The minimum Gasteiger partial charge on any atom is -0.354 e. The number of hydrogen-bond donors (Lipinski definition) is 0. The molecule has 2 heterocycles. The van der Waals surface area contributed by atoms with Crippen LogP contribution in [0.4, 0.5) is 5.82 Å². The van der Waals surface area contributed by atoms with Crippen LogP contribution in [0.25, 0.3) is 11.3 Å². The van der Waals surface area contributed by atoms with Gasteiger partial charge in [0.2, 0.25) is 0 Å². The Bertz CT molecular complexity index is 533. The van der Waals surface area contributed by atoms with Crippen LogP contribution in [-0.4, -0.2) is 48.1 Å². The van der Waals surface area contributed by atoms with Gasteiger partial charge in [-0.2, -0.15) is 0 Å². The van der Waals surface area contributed by atoms with Crippen LogP contribution in [-0.2, 0) is 0 Å². The van der Waals surface area contributed by atoms with Crippen molar-refractivity contribution in [3.05, 3.63) is 42.7 Å². The summed E-state index contributed by atoms with van der Waals surface area (Å²) in [4.78, 5) is 13.5. The summed E-state index contributed by atoms with van der Waals surface area (Å²) >= 11 is 0. The minimum atomic E-state index is 0.990. The topological polar surface area (TPSA) is 32.3 Å². The van der Waals surface area contributed by atoms with Crippen molar-refractivity contribution in [2.75, 3.05) is 38.1 Å². The van der Waals surface area contributed by atoms with Gasteiger partial charge in [-0.1, -0.05) is 30.3 Å². The van der Waals surface area contributed by atoms with Crippen molar-refractivity contribution >= 4 is 5.82 Å². The van der Waals surface area contributed by atoms with Gasteiger partial charge in [0, 0.05) is 37.8 Å². The number of likely N-dealkylation sites (N-methyl/N-ethyl adjacent to an activating group) is 1. The lowest BCUT2D eigenvalue weighted by molar-refractivity contribution is 0.312. The second-order valence-electron chi connectivity index (χ2n) is 4.92. The summed E-state index contributed by atoms with van der Waals surface area (Å²) in [5.41, 5.74) is 2.13. The summed E-state index contributed by atoms with van der Waals surface area (Å²) in [6.45, 7) is 4.23. The fourth-order valence-electron chi connectivity index (χ4n) is 2.32. The summed E-state index contributed by atoms with van der Waals surface area (Å²) in [5, 5.41) is 0. The standard InChI is InChI=1S/C15H18N4/c1-18-7-9-19(10-8-18)15-11-14(16-12-17-15)13-5-3-2-4-6-13/h2-6,11-12H,7-10H2,1H3. The van der Waals surface area contributed by atoms with Gasteiger partial charge in [-0.15, -0.1) is 0 Å². The summed E-state index contributed by atoms with van der Waals surface area (Å²) < 4.78 is 0. The second kappa shape index (κ2) is 5.36. The molecule has 0 aliphatic carbocycles. The van der Waals surface area contributed by atoms with Crippen molar-refractivity contribution < 1.29 is 0 Å². The number of nitrogens with zero attached hydrogens (tertiary/aromatic N) is 4. The van der Waals surface area contributed by atoms with Crippen LogP contribution < -0.4 is 4.90 Å². The minimum absolute atomic E-state index is 0.990. The van der Waals surface area contributed by atoms with Gasteiger partial charge in [0.1, 0.15) is 12.1 Å². The van der Waals surface area contributed by atoms with Crippen molar-refractivity contribution in [2.24, 2.45) is 0 Å². The van der Waals surface area contributed by atoms with E-state index in [2.05, 4.69) is 45.0 Å². The van der Waals surface area contributed by atoms with Crippen LogP contribution in [0.5, 0.6) is 0 Å². The third-order valence-electron chi connectivity index (χ3n) is 3.55. The van der Waals surface area contributed by atoms with Crippen molar-refractivity contribution in [3.8, 4) is 11.3 Å². The van der Waals surface area contributed by atoms with Gasteiger partial charge in [0.05, 0.1) is 5.69 Å². The molecule has 98 valence electrons. The van der Waals surface area contributed by atoms with E-state index < -0.39 is 0 Å². The Morgan fingerprint density at radius 2 is 1.68 bits per heavy atom. The Balaban J connectivity index is 1.84. The predicted molar refractivity (Wildman–Crippen MR) is 77.2 cm³/mol. The molecule has 2 aromatic rings. The quantitative estimate of drug-likeness (QED) is 0.819. The smallest absolute Gasteiger partial charge is 0.132 e. The Labute approximate surface area is 113 Å². The van der Waals surface area contributed by atoms with Crippen LogP contribution >= 0.6 is 0 Å². The monoisotopic (exact) mass is 254 g/mol. The molecule has 1 fully saturated rings. The maximum absolute atomic E-state index is 4.41. The zero-order valence-electron chi connectivity index (χ0n) is 11.2. The van der Waals surface area contributed by atoms with Crippen molar-refractivity contribution in [3.63, 3.8) is 0 Å². The summed E-state index contributed by atoms with van der Waals surface area (Å²) in [5.74, 6) is 1.03. The first kappa shape index (κ1) is 12.1. The lowest BCUT2D eigenvalue weighted by atomic mass is 10.1. The maximum atomic E-state index is 4.41. The molecule has 1 saturated heterocycles. The van der Waals surface area contributed by atoms with Crippen LogP contribution in [0, 0.1) is 0 Å². The molecule has 0 atom stereocenters. The van der Waals surface area contributed by atoms with E-state index in [1.165, 1.54) is 0 Å². The van der Waals surface area contributed by atoms with E-state index in [9.17, 15) is 0 Å². The van der Waals surface area contributed by atoms with Gasteiger partial charge in [-0.25, -0.2) is 9.97 Å². The van der Waals surface area contributed by atoms with E-state index in [4.69, 9.17) is 0 Å². The number of benzene rings is 1. The molecule has 4 heteroatoms. The van der Waals surface area contributed by atoms with Gasteiger partial charge >= 0.3 is 0 Å². The third kappa shape index (κ3) is 2.74. The number of anilines is 1. The maximum Gasteiger partial charge on any atom is 0.132 e. The van der Waals surface area contributed by atoms with Crippen LogP contribution in [0.2, 0.25) is 0 Å². The number of piperazine rings is 1. The van der Waals surface area contributed by atoms with E-state index in [1.54, 1.807) is 6.33 Å². The largest absolute Gasteiger partial charge is 0.354 e. The third-order valence-corrected chi connectivity index (χ3v) is 3.55. The Kier molecular flexibility index (Phi) is 3.42. The zero-order chi connectivity index (χ0) is 13.1. The molecule has 19 heavy (non-hydrogen) atoms. The average molecular weight is 254 g/mol. The number of rotatable bonds is 2. The molecular formula is C15H18N4. The fourth-order valence-corrected chi connectivity index (χ4v) is 2.32. The Morgan fingerprint density at radius 3 is 2.42 bits per heavy atom. The first-order valence-electron chi connectivity index (χ1n) is 6.64. The van der Waals surface area contributed by atoms with E-state index in [1.807, 2.05) is 18.2 Å². The van der Waals surface area contributed by atoms with Crippen molar-refractivity contribution in [1.82, 2.24) is 14.9 Å². The Hall–Kier alpha value is -1.94. The highest BCUT2D eigenvalue weighted by molar-refractivity contribution is 5.62. The molecule has 1 aliphatic rings. The van der Waals surface area contributed by atoms with E-state index in [0.717, 1.165) is 43.3 Å². The second-order valence-corrected chi connectivity index (χ2v) is 4.92. The molecule has 0 bridgehead atoms. The van der Waals surface area contributed by atoms with Crippen LogP contribution in [0.15, 0.2) is 42.7 Å². The molecule has 0 N–H and O–H groups in total. The molecule has 0 radical (unpaired) electrons. The van der Waals surface area contributed by atoms with E-state index >= 15 is 0 Å². The molecule has 3 rings (SSSR count). The lowest BCUT2D eigenvalue weighted by Gasteiger charge is -2.33. The first-order chi connectivity index (χ1) is 9.33. The molecule has 0 saturated carbocycles. The van der Waals surface area contributed by atoms with Crippen molar-refractivity contribution in [1.29, 1.82) is 0 Å². The zero-order valence-corrected chi connectivity index (χ0v) is 11.2. The molecule has 0 spiro atoms. The van der Waals surface area contributed by atoms with Gasteiger partial charge in [0.15, 0.2) is 0 Å². The molecule has 4 nitrogen and oxygen atoms in total. The predicted octanol–water partition coefficient (Wildman–Crippen LogP) is 1.90. The highest BCUT2D eigenvalue weighted by atomic mass is 15.3. The normalized spacial score (nSPS) is 16.6. The van der Waals surface area contributed by atoms with Crippen LogP contribution in [0.3, 0.4) is 0 Å². The molecule has 1 aromatic carbocycles. The summed E-state index contributed by atoms with van der Waals surface area (Å²) in [7, 11) is 2.16. The summed E-state index contributed by atoms with van der Waals surface area (Å²) in [6, 6.07) is 12.3. The SMILES string of the molecule is CN1CCN(c2cc(-c3ccccc3)ncn2)CC1. The van der Waals surface area contributed by atoms with E-state index in [0.29, 0.717) is 0 Å². The number of hydrogen-bond acceptors (Lipinski definition) is 4. The summed E-state index contributed by atoms with van der Waals surface area (Å²) in [6.07, 6.45) is 1.66. The van der Waals surface area contributed by atoms with Gasteiger partial charge in [-0.3, -0.25) is 0 Å². The van der Waals surface area contributed by atoms with Crippen molar-refractivity contribution in [2.45, 2.75) is 0 Å². The average Bonchev–Trinajstić information content (AvgIpc) is 2.49. The lowest BCUT2D eigenvalue weighted by Crippen LogP contribution is -2.44. The fraction of sp³-hybridized carbons (Fsp3) is 0.333. The van der Waals surface area contributed by atoms with Gasteiger partial charge in [-0.05, 0) is 7.05 Å². The highest BCUT2D eigenvalue weighted by Gasteiger charge is 2.15. The highest BCUT2D eigenvalue weighted by Crippen LogP contribution is 2.20. The molecule has 1 aliphatic heterocycles. The molecule has 1 aromatic heterocycles. The number of aromatic nitrogens is 2. The van der Waals surface area contributed by atoms with Crippen LogP contribution in [0.1, 0.15) is 0 Å². The molecular weight excluding hydrogens is 236 g/mol. The van der Waals surface area contributed by atoms with Gasteiger partial charge < -0.3 is 9.80 Å². The van der Waals surface area contributed by atoms with Gasteiger partial charge in [0.25, 0.3) is 0 Å². The molecule has 0 amide bonds. The van der Waals surface area contributed by atoms with E-state index in [-0.39, 0.29) is 0 Å². The first-order valence-corrected chi connectivity index (χ1v) is 6.64. The molecule has 0 unspecified atom stereocenters. The Morgan fingerprint density at radius 1 is 0.947 bits per heavy atom.